The molecule has 144 valence electrons. The molecule has 0 radical (unpaired) electrons. The van der Waals surface area contributed by atoms with Gasteiger partial charge >= 0.3 is 5.97 Å². The summed E-state index contributed by atoms with van der Waals surface area (Å²) in [6, 6.07) is 13.4. The fourth-order valence-electron chi connectivity index (χ4n) is 2.50. The van der Waals surface area contributed by atoms with Crippen molar-refractivity contribution in [1.82, 2.24) is 15.5 Å². The van der Waals surface area contributed by atoms with Crippen molar-refractivity contribution in [3.8, 4) is 11.5 Å². The molecule has 0 aliphatic carbocycles. The predicted octanol–water partition coefficient (Wildman–Crippen LogP) is 3.73. The molecule has 0 saturated carbocycles. The summed E-state index contributed by atoms with van der Waals surface area (Å²) < 4.78 is 10.1. The van der Waals surface area contributed by atoms with Crippen LogP contribution in [0.3, 0.4) is 0 Å². The number of aromatic nitrogens is 2. The minimum Gasteiger partial charge on any atom is -0.452 e. The van der Waals surface area contributed by atoms with E-state index in [9.17, 15) is 9.59 Å². The van der Waals surface area contributed by atoms with Crippen LogP contribution in [0.4, 0.5) is 0 Å². The quantitative estimate of drug-likeness (QED) is 0.634. The third-order valence-corrected chi connectivity index (χ3v) is 4.23. The number of amides is 1. The maximum Gasteiger partial charge on any atom is 0.338 e. The summed E-state index contributed by atoms with van der Waals surface area (Å²) in [6.45, 7) is 3.18. The van der Waals surface area contributed by atoms with Crippen LogP contribution in [-0.4, -0.2) is 28.6 Å². The van der Waals surface area contributed by atoms with E-state index in [0.717, 1.165) is 5.56 Å². The Labute approximate surface area is 166 Å². The Bertz CT molecular complexity index is 968. The first-order valence-electron chi connectivity index (χ1n) is 8.55. The van der Waals surface area contributed by atoms with Gasteiger partial charge in [-0.05, 0) is 55.8 Å². The number of halogens is 1. The van der Waals surface area contributed by atoms with Crippen LogP contribution in [0, 0.1) is 6.92 Å². The first kappa shape index (κ1) is 19.6. The molecule has 3 rings (SSSR count). The molecule has 28 heavy (non-hydrogen) atoms. The number of benzene rings is 2. The van der Waals surface area contributed by atoms with Crippen LogP contribution in [0.15, 0.2) is 53.1 Å². The fraction of sp³-hybridized carbons (Fsp3) is 0.200. The summed E-state index contributed by atoms with van der Waals surface area (Å²) in [6.07, 6.45) is 0. The van der Waals surface area contributed by atoms with E-state index in [1.807, 2.05) is 19.1 Å². The topological polar surface area (TPSA) is 94.3 Å². The summed E-state index contributed by atoms with van der Waals surface area (Å²) in [7, 11) is 0. The zero-order valence-corrected chi connectivity index (χ0v) is 16.1. The lowest BCUT2D eigenvalue weighted by atomic mass is 10.1. The van der Waals surface area contributed by atoms with E-state index in [4.69, 9.17) is 20.9 Å². The third kappa shape index (κ3) is 4.95. The molecule has 8 heteroatoms. The van der Waals surface area contributed by atoms with Crippen LogP contribution in [0.5, 0.6) is 0 Å². The first-order valence-corrected chi connectivity index (χ1v) is 8.93. The average molecular weight is 400 g/mol. The van der Waals surface area contributed by atoms with Crippen molar-refractivity contribution in [3.05, 3.63) is 70.5 Å². The molecule has 1 atom stereocenters. The van der Waals surface area contributed by atoms with Crippen LogP contribution >= 0.6 is 11.6 Å². The van der Waals surface area contributed by atoms with E-state index in [1.54, 1.807) is 43.3 Å². The second-order valence-corrected chi connectivity index (χ2v) is 6.58. The standard InChI is InChI=1S/C20H18ClN3O4/c1-12(14-7-9-17(21)10-8-14)22-18(25)11-27-20(26)16-5-3-15(4-6-16)19-23-13(2)24-28-19/h3-10,12H,11H2,1-2H3,(H,22,25). The Balaban J connectivity index is 1.51. The predicted molar refractivity (Wildman–Crippen MR) is 103 cm³/mol. The molecule has 1 amide bonds. The van der Waals surface area contributed by atoms with E-state index in [0.29, 0.717) is 27.9 Å². The van der Waals surface area contributed by atoms with E-state index in [-0.39, 0.29) is 12.6 Å². The molecule has 0 aliphatic rings. The molecule has 0 aliphatic heterocycles. The van der Waals surface area contributed by atoms with Crippen molar-refractivity contribution in [2.75, 3.05) is 6.61 Å². The molecular weight excluding hydrogens is 382 g/mol. The number of hydrogen-bond acceptors (Lipinski definition) is 6. The molecule has 0 saturated heterocycles. The summed E-state index contributed by atoms with van der Waals surface area (Å²) >= 11 is 5.85. The molecule has 1 unspecified atom stereocenters. The maximum atomic E-state index is 12.1. The lowest BCUT2D eigenvalue weighted by molar-refractivity contribution is -0.124. The van der Waals surface area contributed by atoms with Crippen LogP contribution in [0.2, 0.25) is 5.02 Å². The van der Waals surface area contributed by atoms with Crippen molar-refractivity contribution in [3.63, 3.8) is 0 Å². The van der Waals surface area contributed by atoms with Crippen LogP contribution in [0.1, 0.15) is 34.7 Å². The van der Waals surface area contributed by atoms with Gasteiger partial charge in [0.25, 0.3) is 11.8 Å². The molecule has 0 bridgehead atoms. The number of aryl methyl sites for hydroxylation is 1. The summed E-state index contributed by atoms with van der Waals surface area (Å²) in [4.78, 5) is 28.3. The third-order valence-electron chi connectivity index (χ3n) is 3.98. The number of nitrogens with zero attached hydrogens (tertiary/aromatic N) is 2. The minimum absolute atomic E-state index is 0.236. The second-order valence-electron chi connectivity index (χ2n) is 6.14. The number of hydrogen-bond donors (Lipinski definition) is 1. The van der Waals surface area contributed by atoms with Crippen molar-refractivity contribution in [1.29, 1.82) is 0 Å². The van der Waals surface area contributed by atoms with Gasteiger partial charge in [0.2, 0.25) is 0 Å². The molecule has 2 aromatic carbocycles. The van der Waals surface area contributed by atoms with Gasteiger partial charge in [-0.2, -0.15) is 4.98 Å². The maximum absolute atomic E-state index is 12.1. The molecular formula is C20H18ClN3O4. The van der Waals surface area contributed by atoms with Gasteiger partial charge in [0.15, 0.2) is 12.4 Å². The zero-order valence-electron chi connectivity index (χ0n) is 15.3. The number of ether oxygens (including phenoxy) is 1. The van der Waals surface area contributed by atoms with Gasteiger partial charge in [0, 0.05) is 10.6 Å². The Morgan fingerprint density at radius 1 is 1.14 bits per heavy atom. The Kier molecular flexibility index (Phi) is 6.06. The van der Waals surface area contributed by atoms with Crippen molar-refractivity contribution >= 4 is 23.5 Å². The molecule has 1 aromatic heterocycles. The van der Waals surface area contributed by atoms with Crippen LogP contribution < -0.4 is 5.32 Å². The van der Waals surface area contributed by atoms with Gasteiger partial charge in [-0.15, -0.1) is 0 Å². The van der Waals surface area contributed by atoms with E-state index in [1.165, 1.54) is 0 Å². The highest BCUT2D eigenvalue weighted by Gasteiger charge is 2.14. The fourth-order valence-corrected chi connectivity index (χ4v) is 2.62. The summed E-state index contributed by atoms with van der Waals surface area (Å²) in [5.41, 5.74) is 1.90. The van der Waals surface area contributed by atoms with Gasteiger partial charge in [0.1, 0.15) is 0 Å². The van der Waals surface area contributed by atoms with Gasteiger partial charge in [-0.1, -0.05) is 28.9 Å². The lowest BCUT2D eigenvalue weighted by Gasteiger charge is -2.14. The molecule has 0 spiro atoms. The van der Waals surface area contributed by atoms with E-state index in [2.05, 4.69) is 15.5 Å². The lowest BCUT2D eigenvalue weighted by Crippen LogP contribution is -2.31. The van der Waals surface area contributed by atoms with E-state index < -0.39 is 11.9 Å². The highest BCUT2D eigenvalue weighted by atomic mass is 35.5. The number of carbonyl (C=O) groups excluding carboxylic acids is 2. The number of esters is 1. The van der Waals surface area contributed by atoms with Crippen LogP contribution in [0.25, 0.3) is 11.5 Å². The van der Waals surface area contributed by atoms with Gasteiger partial charge in [0.05, 0.1) is 11.6 Å². The summed E-state index contributed by atoms with van der Waals surface area (Å²) in [5.74, 6) is -0.0957. The zero-order chi connectivity index (χ0) is 20.1. The molecule has 3 aromatic rings. The number of carbonyl (C=O) groups is 2. The average Bonchev–Trinajstić information content (AvgIpc) is 3.13. The number of nitrogens with one attached hydrogen (secondary N) is 1. The highest BCUT2D eigenvalue weighted by Crippen LogP contribution is 2.18. The summed E-state index contributed by atoms with van der Waals surface area (Å²) in [5, 5.41) is 7.11. The normalized spacial score (nSPS) is 11.7. The highest BCUT2D eigenvalue weighted by molar-refractivity contribution is 6.30. The minimum atomic E-state index is -0.595. The van der Waals surface area contributed by atoms with Gasteiger partial charge in [-0.3, -0.25) is 4.79 Å². The monoisotopic (exact) mass is 399 g/mol. The van der Waals surface area contributed by atoms with Crippen LogP contribution in [-0.2, 0) is 9.53 Å². The SMILES string of the molecule is Cc1noc(-c2ccc(C(=O)OCC(=O)NC(C)c3ccc(Cl)cc3)cc2)n1. The molecule has 0 fully saturated rings. The van der Waals surface area contributed by atoms with Gasteiger partial charge in [-0.25, -0.2) is 4.79 Å². The largest absolute Gasteiger partial charge is 0.452 e. The molecule has 7 nitrogen and oxygen atoms in total. The Hall–Kier alpha value is -3.19. The van der Waals surface area contributed by atoms with Gasteiger partial charge < -0.3 is 14.6 Å². The molecule has 1 N–H and O–H groups in total. The second kappa shape index (κ2) is 8.67. The first-order chi connectivity index (χ1) is 13.4. The Morgan fingerprint density at radius 2 is 1.82 bits per heavy atom. The molecule has 1 heterocycles. The van der Waals surface area contributed by atoms with Crippen molar-refractivity contribution < 1.29 is 18.8 Å². The smallest absolute Gasteiger partial charge is 0.338 e. The van der Waals surface area contributed by atoms with E-state index >= 15 is 0 Å². The van der Waals surface area contributed by atoms with Crippen molar-refractivity contribution in [2.24, 2.45) is 0 Å². The Morgan fingerprint density at radius 3 is 2.43 bits per heavy atom. The number of rotatable bonds is 6. The van der Waals surface area contributed by atoms with Crippen molar-refractivity contribution in [2.45, 2.75) is 19.9 Å².